The van der Waals surface area contributed by atoms with Gasteiger partial charge in [0, 0.05) is 21.7 Å². The van der Waals surface area contributed by atoms with Gasteiger partial charge in [-0.3, -0.25) is 0 Å². The summed E-state index contributed by atoms with van der Waals surface area (Å²) < 4.78 is 23.5. The summed E-state index contributed by atoms with van der Waals surface area (Å²) in [6.07, 6.45) is 1.27. The minimum atomic E-state index is -0.668. The standard InChI is InChI=1S/C26H20ClFN4OS/c1-14-7-9-15(10-8-14)23-21-22(29-25-30-26(34-2)31-32(23)25)18-13-16(27)11-12-20(18)33-24(21)17-5-3-4-6-19(17)28/h3-13,23-24H,1-2H3,(H,29,30,31)/t23-,24+/m0/s1. The van der Waals surface area contributed by atoms with E-state index < -0.39 is 6.10 Å². The van der Waals surface area contributed by atoms with Crippen LogP contribution in [0.1, 0.15) is 34.4 Å². The Kier molecular flexibility index (Phi) is 5.12. The molecule has 0 aliphatic carbocycles. The third kappa shape index (κ3) is 3.38. The molecule has 2 aliphatic rings. The molecule has 0 spiro atoms. The summed E-state index contributed by atoms with van der Waals surface area (Å²) in [6.45, 7) is 2.05. The summed E-state index contributed by atoms with van der Waals surface area (Å²) in [5.74, 6) is 0.923. The third-order valence-electron chi connectivity index (χ3n) is 6.18. The molecule has 0 radical (unpaired) electrons. The molecule has 5 nitrogen and oxygen atoms in total. The van der Waals surface area contributed by atoms with Crippen molar-refractivity contribution in [3.8, 4) is 5.75 Å². The second-order valence-corrected chi connectivity index (χ2v) is 9.50. The van der Waals surface area contributed by atoms with Crippen LogP contribution in [0.5, 0.6) is 5.75 Å². The molecule has 2 atom stereocenters. The van der Waals surface area contributed by atoms with E-state index in [2.05, 4.69) is 34.6 Å². The molecule has 6 rings (SSSR count). The van der Waals surface area contributed by atoms with E-state index in [-0.39, 0.29) is 11.9 Å². The highest BCUT2D eigenvalue weighted by atomic mass is 35.5. The molecule has 34 heavy (non-hydrogen) atoms. The van der Waals surface area contributed by atoms with E-state index in [0.29, 0.717) is 27.4 Å². The van der Waals surface area contributed by atoms with Gasteiger partial charge in [0.05, 0.1) is 5.70 Å². The molecule has 1 aromatic heterocycles. The molecule has 8 heteroatoms. The van der Waals surface area contributed by atoms with Crippen molar-refractivity contribution in [2.45, 2.75) is 24.2 Å². The van der Waals surface area contributed by atoms with Crippen molar-refractivity contribution in [2.75, 3.05) is 11.6 Å². The average Bonchev–Trinajstić information content (AvgIpc) is 3.26. The number of thioether (sulfide) groups is 1. The van der Waals surface area contributed by atoms with Crippen LogP contribution in [0.25, 0.3) is 5.70 Å². The summed E-state index contributed by atoms with van der Waals surface area (Å²) in [4.78, 5) is 4.69. The second kappa shape index (κ2) is 8.18. The van der Waals surface area contributed by atoms with E-state index in [0.717, 1.165) is 28.0 Å². The highest BCUT2D eigenvalue weighted by Crippen LogP contribution is 2.51. The number of halogens is 2. The van der Waals surface area contributed by atoms with Gasteiger partial charge in [0.2, 0.25) is 11.1 Å². The Balaban J connectivity index is 1.66. The van der Waals surface area contributed by atoms with Gasteiger partial charge in [0.15, 0.2) is 6.10 Å². The first-order chi connectivity index (χ1) is 16.5. The molecule has 3 heterocycles. The van der Waals surface area contributed by atoms with Crippen molar-refractivity contribution in [1.82, 2.24) is 14.8 Å². The number of anilines is 1. The molecule has 2 aliphatic heterocycles. The van der Waals surface area contributed by atoms with Gasteiger partial charge in [-0.05, 0) is 43.0 Å². The van der Waals surface area contributed by atoms with Crippen LogP contribution >= 0.6 is 23.4 Å². The second-order valence-electron chi connectivity index (χ2n) is 8.30. The molecular weight excluding hydrogens is 471 g/mol. The molecule has 4 aromatic rings. The van der Waals surface area contributed by atoms with E-state index >= 15 is 4.39 Å². The number of fused-ring (bicyclic) bond motifs is 3. The molecule has 170 valence electrons. The lowest BCUT2D eigenvalue weighted by Crippen LogP contribution is -2.32. The van der Waals surface area contributed by atoms with E-state index in [1.807, 2.05) is 36.1 Å². The van der Waals surface area contributed by atoms with Crippen LogP contribution < -0.4 is 10.1 Å². The number of nitrogens with zero attached hydrogens (tertiary/aromatic N) is 3. The summed E-state index contributed by atoms with van der Waals surface area (Å²) >= 11 is 7.85. The van der Waals surface area contributed by atoms with E-state index in [4.69, 9.17) is 21.4 Å². The third-order valence-corrected chi connectivity index (χ3v) is 6.95. The highest BCUT2D eigenvalue weighted by molar-refractivity contribution is 7.98. The minimum absolute atomic E-state index is 0.325. The Bertz CT molecular complexity index is 1450. The van der Waals surface area contributed by atoms with Crippen LogP contribution in [0.15, 0.2) is 77.5 Å². The van der Waals surface area contributed by atoms with Crippen LogP contribution in [0, 0.1) is 12.7 Å². The summed E-state index contributed by atoms with van der Waals surface area (Å²) in [6, 6.07) is 20.1. The zero-order valence-corrected chi connectivity index (χ0v) is 20.0. The van der Waals surface area contributed by atoms with Crippen molar-refractivity contribution in [3.63, 3.8) is 0 Å². The van der Waals surface area contributed by atoms with Crippen molar-refractivity contribution < 1.29 is 9.13 Å². The Morgan fingerprint density at radius 3 is 2.65 bits per heavy atom. The zero-order chi connectivity index (χ0) is 23.4. The van der Waals surface area contributed by atoms with E-state index in [1.54, 1.807) is 18.2 Å². The summed E-state index contributed by atoms with van der Waals surface area (Å²) in [5, 5.41) is 9.46. The fourth-order valence-corrected chi connectivity index (χ4v) is 5.10. The van der Waals surface area contributed by atoms with Gasteiger partial charge in [-0.25, -0.2) is 9.07 Å². The van der Waals surface area contributed by atoms with Crippen LogP contribution in [0.2, 0.25) is 5.02 Å². The topological polar surface area (TPSA) is 52.0 Å². The first kappa shape index (κ1) is 21.3. The van der Waals surface area contributed by atoms with Crippen molar-refractivity contribution in [1.29, 1.82) is 0 Å². The predicted molar refractivity (Wildman–Crippen MR) is 133 cm³/mol. The molecule has 0 amide bonds. The molecule has 1 N–H and O–H groups in total. The molecular formula is C26H20ClFN4OS. The number of aromatic nitrogens is 3. The quantitative estimate of drug-likeness (QED) is 0.325. The molecule has 0 saturated carbocycles. The van der Waals surface area contributed by atoms with Crippen LogP contribution in [0.4, 0.5) is 10.3 Å². The van der Waals surface area contributed by atoms with E-state index in [1.165, 1.54) is 17.8 Å². The number of hydrogen-bond acceptors (Lipinski definition) is 5. The number of hydrogen-bond donors (Lipinski definition) is 1. The van der Waals surface area contributed by atoms with Crippen LogP contribution in [-0.4, -0.2) is 21.0 Å². The normalized spacial score (nSPS) is 18.5. The number of benzene rings is 3. The lowest BCUT2D eigenvalue weighted by atomic mass is 9.84. The minimum Gasteiger partial charge on any atom is -0.480 e. The Morgan fingerprint density at radius 2 is 1.88 bits per heavy atom. The van der Waals surface area contributed by atoms with Gasteiger partial charge in [0.1, 0.15) is 17.6 Å². The van der Waals surface area contributed by atoms with Gasteiger partial charge >= 0.3 is 0 Å². The summed E-state index contributed by atoms with van der Waals surface area (Å²) in [7, 11) is 0. The number of rotatable bonds is 3. The zero-order valence-electron chi connectivity index (χ0n) is 18.4. The fourth-order valence-electron chi connectivity index (χ4n) is 4.58. The Hall–Kier alpha value is -3.29. The van der Waals surface area contributed by atoms with E-state index in [9.17, 15) is 0 Å². The monoisotopic (exact) mass is 490 g/mol. The number of aryl methyl sites for hydroxylation is 1. The predicted octanol–water partition coefficient (Wildman–Crippen LogP) is 6.66. The van der Waals surface area contributed by atoms with Gasteiger partial charge in [0.25, 0.3) is 0 Å². The maximum absolute atomic E-state index is 15.1. The molecule has 0 unspecified atom stereocenters. The summed E-state index contributed by atoms with van der Waals surface area (Å²) in [5.41, 5.74) is 5.10. The van der Waals surface area contributed by atoms with Crippen LogP contribution in [-0.2, 0) is 0 Å². The average molecular weight is 491 g/mol. The maximum atomic E-state index is 15.1. The molecule has 0 saturated heterocycles. The van der Waals surface area contributed by atoms with Crippen molar-refractivity contribution in [2.24, 2.45) is 0 Å². The molecule has 0 fully saturated rings. The lowest BCUT2D eigenvalue weighted by molar-refractivity contribution is 0.218. The molecule has 0 bridgehead atoms. The van der Waals surface area contributed by atoms with Gasteiger partial charge < -0.3 is 10.1 Å². The first-order valence-electron chi connectivity index (χ1n) is 10.8. The van der Waals surface area contributed by atoms with Crippen molar-refractivity contribution in [3.05, 3.63) is 105 Å². The lowest BCUT2D eigenvalue weighted by Gasteiger charge is -2.39. The van der Waals surface area contributed by atoms with Crippen molar-refractivity contribution >= 4 is 35.0 Å². The molecule has 3 aromatic carbocycles. The number of ether oxygens (including phenoxy) is 1. The fraction of sp³-hybridized carbons (Fsp3) is 0.154. The van der Waals surface area contributed by atoms with Gasteiger partial charge in [-0.2, -0.15) is 4.98 Å². The largest absolute Gasteiger partial charge is 0.480 e. The highest BCUT2D eigenvalue weighted by Gasteiger charge is 2.42. The van der Waals surface area contributed by atoms with Crippen LogP contribution in [0.3, 0.4) is 0 Å². The first-order valence-corrected chi connectivity index (χ1v) is 12.4. The SMILES string of the molecule is CSc1nc2n(n1)[C@@H](c1ccc(C)cc1)C1=C(N2)c2cc(Cl)ccc2O[C@@H]1c1ccccc1F. The van der Waals surface area contributed by atoms with Gasteiger partial charge in [-0.1, -0.05) is 71.4 Å². The smallest absolute Gasteiger partial charge is 0.227 e. The number of nitrogens with one attached hydrogen (secondary N) is 1. The maximum Gasteiger partial charge on any atom is 0.227 e. The Labute approximate surface area is 205 Å². The van der Waals surface area contributed by atoms with Gasteiger partial charge in [-0.15, -0.1) is 5.10 Å². The Morgan fingerprint density at radius 1 is 1.09 bits per heavy atom.